The van der Waals surface area contributed by atoms with Crippen molar-refractivity contribution in [3.63, 3.8) is 0 Å². The van der Waals surface area contributed by atoms with Crippen LogP contribution in [0.2, 0.25) is 0 Å². The standard InChI is InChI=1S/C34H24BN3O2.2C33H23BN4O2/c39-35(40)28-18-10-20-32-33(28)27-17-7-8-19-31(27)38(32)26-16-9-15-25(21-26)30-22-29(23-11-3-1-4-12-23)36-34(37-30)24-13-5-2-6-14-24;39-34(40)27-18-10-20-29-30(27)26-17-7-8-19-28(26)38(29)25-16-9-15-24(21-25)33-36-31(22-11-3-1-4-12-22)35-32(37-33)23-13-5-2-6-14-23;39-34(40)26-12-8-16-32-33(26)25-11-1-2-15-31(25)38(32)24-10-7-9-22(19-24)23-20-29(27-13-3-5-17-35-27)37-30(21-23)28-14-4-6-18-36-28/h1-22,39-40H;2*1-21,39-40H. The van der Waals surface area contributed by atoms with Gasteiger partial charge >= 0.3 is 21.4 Å². The predicted octanol–water partition coefficient (Wildman–Crippen LogP) is 17.6. The maximum atomic E-state index is 10.1. The molecule has 120 heavy (non-hydrogen) atoms. The third-order valence-electron chi connectivity index (χ3n) is 21.4. The van der Waals surface area contributed by atoms with Crippen LogP contribution in [0.3, 0.4) is 0 Å². The van der Waals surface area contributed by atoms with Crippen LogP contribution in [0.1, 0.15) is 0 Å². The number of fused-ring (bicyclic) bond motifs is 9. The molecule has 0 radical (unpaired) electrons. The number of rotatable bonds is 15. The fourth-order valence-electron chi connectivity index (χ4n) is 16.0. The van der Waals surface area contributed by atoms with Crippen molar-refractivity contribution in [2.24, 2.45) is 0 Å². The first kappa shape index (κ1) is 74.8. The molecular weight excluding hydrogens is 1480 g/mol. The lowest BCUT2D eigenvalue weighted by Crippen LogP contribution is -2.30. The molecule has 0 spiro atoms. The molecule has 0 amide bonds. The van der Waals surface area contributed by atoms with E-state index in [0.717, 1.165) is 161 Å². The van der Waals surface area contributed by atoms with Gasteiger partial charge in [0.05, 0.1) is 67.3 Å². The van der Waals surface area contributed by atoms with Gasteiger partial charge in [0, 0.05) is 95.2 Å². The zero-order valence-electron chi connectivity index (χ0n) is 64.3. The summed E-state index contributed by atoms with van der Waals surface area (Å²) in [4.78, 5) is 38.5. The van der Waals surface area contributed by atoms with Crippen molar-refractivity contribution in [3.05, 3.63) is 389 Å². The molecule has 0 bridgehead atoms. The molecular formula is C100H70B3N11O6. The molecule has 17 nitrogen and oxygen atoms in total. The SMILES string of the molecule is OB(O)c1cccc2c1c1ccccc1n2-c1cccc(-c2cc(-c3ccccc3)nc(-c3ccccc3)n2)c1.OB(O)c1cccc2c1c1ccccc1n2-c1cccc(-c2cc(-c3ccccn3)nc(-c3ccccn3)c2)c1.OB(O)c1cccc2c1c1ccccc1n2-c1cccc(-c2nc(-c3ccccc3)nc(-c3ccccc3)n2)c1. The average Bonchev–Trinajstić information content (AvgIpc) is 1.59. The van der Waals surface area contributed by atoms with Crippen LogP contribution >= 0.6 is 0 Å². The van der Waals surface area contributed by atoms with Crippen LogP contribution in [0.5, 0.6) is 0 Å². The van der Waals surface area contributed by atoms with Crippen molar-refractivity contribution in [3.8, 4) is 119 Å². The molecule has 13 aromatic carbocycles. The number of hydrogen-bond acceptors (Lipinski definition) is 14. The topological polar surface area (TPSA) is 239 Å². The van der Waals surface area contributed by atoms with Gasteiger partial charge in [-0.1, -0.05) is 261 Å². The summed E-state index contributed by atoms with van der Waals surface area (Å²) in [5, 5.41) is 66.1. The van der Waals surface area contributed by atoms with Gasteiger partial charge in [-0.15, -0.1) is 0 Å². The Labute approximate surface area is 690 Å². The Bertz CT molecular complexity index is 6490. The zero-order valence-corrected chi connectivity index (χ0v) is 64.3. The summed E-state index contributed by atoms with van der Waals surface area (Å²) in [7, 11) is -4.71. The van der Waals surface area contributed by atoms with E-state index < -0.39 is 21.4 Å². The molecule has 21 aromatic rings. The van der Waals surface area contributed by atoms with Crippen LogP contribution in [0.4, 0.5) is 0 Å². The smallest absolute Gasteiger partial charge is 0.423 e. The molecule has 0 saturated carbocycles. The van der Waals surface area contributed by atoms with Crippen molar-refractivity contribution in [1.29, 1.82) is 0 Å². The highest BCUT2D eigenvalue weighted by Crippen LogP contribution is 2.39. The maximum absolute atomic E-state index is 10.1. The quantitative estimate of drug-likeness (QED) is 0.0524. The van der Waals surface area contributed by atoms with Crippen molar-refractivity contribution < 1.29 is 30.1 Å². The summed E-state index contributed by atoms with van der Waals surface area (Å²) in [6.07, 6.45) is 3.54. The van der Waals surface area contributed by atoms with Gasteiger partial charge in [-0.05, 0) is 143 Å². The molecule has 0 aliphatic carbocycles. The maximum Gasteiger partial charge on any atom is 0.489 e. The van der Waals surface area contributed by atoms with Crippen molar-refractivity contribution >= 4 is 103 Å². The van der Waals surface area contributed by atoms with E-state index in [1.807, 2.05) is 279 Å². The Morgan fingerprint density at radius 3 is 0.883 bits per heavy atom. The van der Waals surface area contributed by atoms with Crippen LogP contribution in [0, 0.1) is 0 Å². The lowest BCUT2D eigenvalue weighted by molar-refractivity contribution is 0.425. The number of para-hydroxylation sites is 3. The molecule has 8 aromatic heterocycles. The van der Waals surface area contributed by atoms with E-state index in [2.05, 4.69) is 103 Å². The predicted molar refractivity (Wildman–Crippen MR) is 483 cm³/mol. The van der Waals surface area contributed by atoms with E-state index in [9.17, 15) is 30.1 Å². The minimum atomic E-state index is -1.58. The minimum absolute atomic E-state index is 0.473. The van der Waals surface area contributed by atoms with Crippen LogP contribution < -0.4 is 16.4 Å². The summed E-state index contributed by atoms with van der Waals surface area (Å²) in [6.45, 7) is 0. The second kappa shape index (κ2) is 32.8. The second-order valence-corrected chi connectivity index (χ2v) is 28.8. The summed E-state index contributed by atoms with van der Waals surface area (Å²) >= 11 is 0. The zero-order chi connectivity index (χ0) is 81.2. The third kappa shape index (κ3) is 14.6. The first-order valence-electron chi connectivity index (χ1n) is 39.2. The van der Waals surface area contributed by atoms with Gasteiger partial charge in [0.15, 0.2) is 23.3 Å². The monoisotopic (exact) mass is 1550 g/mol. The number of pyridine rings is 3. The molecule has 20 heteroatoms. The third-order valence-corrected chi connectivity index (χ3v) is 21.4. The Morgan fingerprint density at radius 2 is 0.492 bits per heavy atom. The highest BCUT2D eigenvalue weighted by molar-refractivity contribution is 6.64. The van der Waals surface area contributed by atoms with E-state index in [4.69, 9.17) is 29.9 Å². The highest BCUT2D eigenvalue weighted by atomic mass is 16.4. The van der Waals surface area contributed by atoms with Gasteiger partial charge in [-0.2, -0.15) is 0 Å². The van der Waals surface area contributed by atoms with E-state index >= 15 is 0 Å². The van der Waals surface area contributed by atoms with Crippen LogP contribution in [-0.2, 0) is 0 Å². The molecule has 8 heterocycles. The van der Waals surface area contributed by atoms with Crippen molar-refractivity contribution in [1.82, 2.24) is 53.6 Å². The Balaban J connectivity index is 0.000000119. The molecule has 0 aliphatic rings. The Hall–Kier alpha value is -15.2. The molecule has 0 saturated heterocycles. The van der Waals surface area contributed by atoms with E-state index in [1.165, 1.54) is 0 Å². The van der Waals surface area contributed by atoms with E-state index in [-0.39, 0.29) is 0 Å². The van der Waals surface area contributed by atoms with Crippen LogP contribution in [0.25, 0.3) is 184 Å². The number of aromatic nitrogens is 11. The molecule has 0 unspecified atom stereocenters. The van der Waals surface area contributed by atoms with E-state index in [1.54, 1.807) is 30.6 Å². The van der Waals surface area contributed by atoms with Crippen molar-refractivity contribution in [2.75, 3.05) is 0 Å². The Morgan fingerprint density at radius 1 is 0.192 bits per heavy atom. The normalized spacial score (nSPS) is 11.2. The van der Waals surface area contributed by atoms with Gasteiger partial charge in [-0.3, -0.25) is 9.97 Å². The van der Waals surface area contributed by atoms with Gasteiger partial charge in [-0.25, -0.2) is 29.9 Å². The lowest BCUT2D eigenvalue weighted by Gasteiger charge is -2.12. The van der Waals surface area contributed by atoms with Gasteiger partial charge < -0.3 is 43.8 Å². The molecule has 21 rings (SSSR count). The Kier molecular flexibility index (Phi) is 20.5. The lowest BCUT2D eigenvalue weighted by atomic mass is 9.77. The van der Waals surface area contributed by atoms with Crippen LogP contribution in [0.15, 0.2) is 389 Å². The number of nitrogens with zero attached hydrogens (tertiary/aromatic N) is 11. The van der Waals surface area contributed by atoms with Gasteiger partial charge in [0.1, 0.15) is 0 Å². The summed E-state index contributed by atoms with van der Waals surface area (Å²) in [5.41, 5.74) is 22.3. The number of hydrogen-bond donors (Lipinski definition) is 6. The highest BCUT2D eigenvalue weighted by Gasteiger charge is 2.26. The van der Waals surface area contributed by atoms with Gasteiger partial charge in [0.25, 0.3) is 0 Å². The molecule has 570 valence electrons. The molecule has 0 aliphatic heterocycles. The summed E-state index contributed by atoms with van der Waals surface area (Å²) in [5.74, 6) is 2.45. The first-order valence-corrected chi connectivity index (χ1v) is 39.2. The average molecular weight is 1550 g/mol. The number of benzene rings is 13. The fourth-order valence-corrected chi connectivity index (χ4v) is 16.0. The van der Waals surface area contributed by atoms with E-state index in [0.29, 0.717) is 39.7 Å². The fraction of sp³-hybridized carbons (Fsp3) is 0. The van der Waals surface area contributed by atoms with Gasteiger partial charge in [0.2, 0.25) is 0 Å². The molecule has 6 N–H and O–H groups in total. The minimum Gasteiger partial charge on any atom is -0.423 e. The summed E-state index contributed by atoms with van der Waals surface area (Å²) < 4.78 is 6.47. The van der Waals surface area contributed by atoms with Crippen LogP contribution in [-0.4, -0.2) is 105 Å². The first-order chi connectivity index (χ1) is 59.0. The molecule has 0 atom stereocenters. The largest absolute Gasteiger partial charge is 0.489 e. The second-order valence-electron chi connectivity index (χ2n) is 28.8. The summed E-state index contributed by atoms with van der Waals surface area (Å²) in [6, 6.07) is 123. The molecule has 0 fully saturated rings. The van der Waals surface area contributed by atoms with Crippen molar-refractivity contribution in [2.45, 2.75) is 0 Å².